The van der Waals surface area contributed by atoms with Gasteiger partial charge >= 0.3 is 0 Å². The van der Waals surface area contributed by atoms with E-state index in [-0.39, 0.29) is 12.5 Å². The Kier molecular flexibility index (Phi) is 6.45. The van der Waals surface area contributed by atoms with Gasteiger partial charge < -0.3 is 20.0 Å². The molecule has 3 aromatic rings. The summed E-state index contributed by atoms with van der Waals surface area (Å²) in [6.07, 6.45) is 0. The fourth-order valence-corrected chi connectivity index (χ4v) is 4.75. The van der Waals surface area contributed by atoms with Gasteiger partial charge in [-0.3, -0.25) is 9.80 Å². The van der Waals surface area contributed by atoms with E-state index in [2.05, 4.69) is 35.9 Å². The molecule has 2 aliphatic heterocycles. The lowest BCUT2D eigenvalue weighted by atomic mass is 10.0. The Bertz CT molecular complexity index is 1210. The van der Waals surface area contributed by atoms with E-state index in [9.17, 15) is 5.11 Å². The molecule has 172 valence electrons. The number of nitrogens with zero attached hydrogens (tertiary/aromatic N) is 4. The molecule has 0 radical (unpaired) electrons. The Balaban J connectivity index is 1.34. The zero-order valence-electron chi connectivity index (χ0n) is 18.2. The molecular formula is C24H26BrN5O3. The predicted molar refractivity (Wildman–Crippen MR) is 133 cm³/mol. The van der Waals surface area contributed by atoms with Gasteiger partial charge in [-0.05, 0) is 18.2 Å². The van der Waals surface area contributed by atoms with Crippen molar-refractivity contribution in [3.05, 3.63) is 58.1 Å². The van der Waals surface area contributed by atoms with E-state index >= 15 is 0 Å². The normalized spacial score (nSPS) is 18.1. The Morgan fingerprint density at radius 1 is 1.06 bits per heavy atom. The molecule has 0 spiro atoms. The fraction of sp³-hybridized carbons (Fsp3) is 0.333. The molecule has 0 amide bonds. The lowest BCUT2D eigenvalue weighted by Gasteiger charge is -2.33. The van der Waals surface area contributed by atoms with E-state index in [1.54, 1.807) is 0 Å². The Morgan fingerprint density at radius 3 is 2.61 bits per heavy atom. The maximum absolute atomic E-state index is 10.7. The van der Waals surface area contributed by atoms with Gasteiger partial charge in [0.15, 0.2) is 5.88 Å². The number of piperazine rings is 1. The highest BCUT2D eigenvalue weighted by atomic mass is 79.9. The first-order valence-electron chi connectivity index (χ1n) is 11.1. The van der Waals surface area contributed by atoms with Crippen LogP contribution in [0, 0.1) is 0 Å². The van der Waals surface area contributed by atoms with Crippen LogP contribution in [0.5, 0.6) is 5.88 Å². The van der Waals surface area contributed by atoms with E-state index in [4.69, 9.17) is 14.9 Å². The average Bonchev–Trinajstić information content (AvgIpc) is 3.33. The number of benzene rings is 2. The number of aromatic hydroxyl groups is 1. The van der Waals surface area contributed by atoms with E-state index in [0.717, 1.165) is 65.9 Å². The van der Waals surface area contributed by atoms with Gasteiger partial charge in [-0.25, -0.2) is 4.99 Å². The quantitative estimate of drug-likeness (QED) is 0.334. The Hall–Kier alpha value is -2.72. The number of β-amino-alcohol motifs (C(OH)–C–C–N with tert-alkyl or cyclic N) is 1. The number of nitrogens with one attached hydrogen (secondary N) is 1. The molecule has 1 fully saturated rings. The van der Waals surface area contributed by atoms with Gasteiger partial charge in [0.25, 0.3) is 0 Å². The number of hydrogen-bond donors (Lipinski definition) is 3. The molecule has 0 saturated carbocycles. The van der Waals surface area contributed by atoms with Gasteiger partial charge in [-0.15, -0.1) is 0 Å². The van der Waals surface area contributed by atoms with Gasteiger partial charge in [0, 0.05) is 54.7 Å². The van der Waals surface area contributed by atoms with Crippen LogP contribution in [0.15, 0.2) is 57.1 Å². The molecule has 0 bridgehead atoms. The highest BCUT2D eigenvalue weighted by molar-refractivity contribution is 9.10. The molecule has 0 atom stereocenters. The maximum atomic E-state index is 10.7. The van der Waals surface area contributed by atoms with E-state index < -0.39 is 0 Å². The van der Waals surface area contributed by atoms with Crippen LogP contribution in [0.4, 0.5) is 5.69 Å². The van der Waals surface area contributed by atoms with Crippen LogP contribution in [-0.4, -0.2) is 88.9 Å². The first kappa shape index (κ1) is 22.1. The topological polar surface area (TPSA) is 96.7 Å². The van der Waals surface area contributed by atoms with Crippen molar-refractivity contribution < 1.29 is 15.1 Å². The summed E-state index contributed by atoms with van der Waals surface area (Å²) in [6, 6.07) is 13.6. The third-order valence-electron chi connectivity index (χ3n) is 6.13. The third kappa shape index (κ3) is 4.54. The minimum atomic E-state index is 0.0584. The average molecular weight is 512 g/mol. The number of aliphatic hydroxyl groups excluding tert-OH is 1. The number of fused-ring (bicyclic) bond motifs is 2. The number of aromatic amines is 1. The molecule has 2 aliphatic rings. The van der Waals surface area contributed by atoms with Crippen molar-refractivity contribution in [2.45, 2.75) is 0 Å². The molecule has 1 aromatic heterocycles. The second-order valence-electron chi connectivity index (χ2n) is 8.20. The van der Waals surface area contributed by atoms with Crippen molar-refractivity contribution in [2.24, 2.45) is 10.1 Å². The van der Waals surface area contributed by atoms with Gasteiger partial charge in [-0.1, -0.05) is 45.4 Å². The minimum absolute atomic E-state index is 0.0584. The van der Waals surface area contributed by atoms with Gasteiger partial charge in [0.05, 0.1) is 23.4 Å². The summed E-state index contributed by atoms with van der Waals surface area (Å²) >= 11 is 3.48. The smallest absolute Gasteiger partial charge is 0.199 e. The Labute approximate surface area is 200 Å². The zero-order chi connectivity index (χ0) is 22.8. The number of hydrogen-bond acceptors (Lipinski definition) is 7. The zero-order valence-corrected chi connectivity index (χ0v) is 19.8. The molecule has 0 unspecified atom stereocenters. The fourth-order valence-electron chi connectivity index (χ4n) is 4.39. The Morgan fingerprint density at radius 2 is 1.82 bits per heavy atom. The summed E-state index contributed by atoms with van der Waals surface area (Å²) in [6.45, 7) is 6.00. The highest BCUT2D eigenvalue weighted by Crippen LogP contribution is 2.36. The molecule has 8 nitrogen and oxygen atoms in total. The standard InChI is InChI=1S/C24H26BrN5O3/c25-16-5-6-17-20(15-16)27-24(32)21(17)23-22(18-3-1-2-4-19(18)26-23)28-33-14-12-30-9-7-29(8-10-30)11-13-31/h1-6,15,27,31-32H,7-14H2/b28-22+. The maximum Gasteiger partial charge on any atom is 0.199 e. The number of aliphatic imine (C=N–C) groups is 1. The highest BCUT2D eigenvalue weighted by Gasteiger charge is 2.29. The van der Waals surface area contributed by atoms with Crippen molar-refractivity contribution in [2.75, 3.05) is 52.5 Å². The summed E-state index contributed by atoms with van der Waals surface area (Å²) in [5.74, 6) is 0.0584. The van der Waals surface area contributed by atoms with Crippen molar-refractivity contribution >= 4 is 43.9 Å². The first-order chi connectivity index (χ1) is 16.1. The summed E-state index contributed by atoms with van der Waals surface area (Å²) < 4.78 is 0.925. The molecule has 2 aromatic carbocycles. The summed E-state index contributed by atoms with van der Waals surface area (Å²) in [5.41, 5.74) is 4.35. The number of para-hydroxylation sites is 1. The summed E-state index contributed by atoms with van der Waals surface area (Å²) in [4.78, 5) is 18.2. The van der Waals surface area contributed by atoms with Crippen molar-refractivity contribution in [1.29, 1.82) is 0 Å². The number of aromatic nitrogens is 1. The van der Waals surface area contributed by atoms with Crippen LogP contribution in [0.2, 0.25) is 0 Å². The predicted octanol–water partition coefficient (Wildman–Crippen LogP) is 3.10. The summed E-state index contributed by atoms with van der Waals surface area (Å²) in [5, 5.41) is 25.1. The molecular weight excluding hydrogens is 486 g/mol. The SMILES string of the molecule is OCCN1CCN(CCO/N=C2/C(c3c(O)[nH]c4cc(Br)ccc34)=Nc3ccccc32)CC1. The van der Waals surface area contributed by atoms with Gasteiger partial charge in [0.1, 0.15) is 18.0 Å². The van der Waals surface area contributed by atoms with Crippen LogP contribution in [-0.2, 0) is 4.84 Å². The lowest BCUT2D eigenvalue weighted by Crippen LogP contribution is -2.47. The second-order valence-corrected chi connectivity index (χ2v) is 9.11. The summed E-state index contributed by atoms with van der Waals surface area (Å²) in [7, 11) is 0. The monoisotopic (exact) mass is 511 g/mol. The molecule has 33 heavy (non-hydrogen) atoms. The largest absolute Gasteiger partial charge is 0.494 e. The van der Waals surface area contributed by atoms with Crippen LogP contribution in [0.25, 0.3) is 10.9 Å². The van der Waals surface area contributed by atoms with Crippen molar-refractivity contribution in [1.82, 2.24) is 14.8 Å². The van der Waals surface area contributed by atoms with Gasteiger partial charge in [0.2, 0.25) is 0 Å². The van der Waals surface area contributed by atoms with Crippen LogP contribution in [0.1, 0.15) is 11.1 Å². The van der Waals surface area contributed by atoms with E-state index in [0.29, 0.717) is 23.6 Å². The number of rotatable bonds is 7. The molecule has 1 saturated heterocycles. The van der Waals surface area contributed by atoms with Crippen LogP contribution in [0.3, 0.4) is 0 Å². The van der Waals surface area contributed by atoms with Crippen molar-refractivity contribution in [3.63, 3.8) is 0 Å². The van der Waals surface area contributed by atoms with Crippen molar-refractivity contribution in [3.8, 4) is 5.88 Å². The number of halogens is 1. The number of oxime groups is 1. The minimum Gasteiger partial charge on any atom is -0.494 e. The third-order valence-corrected chi connectivity index (χ3v) is 6.62. The number of H-pyrrole nitrogens is 1. The molecule has 3 N–H and O–H groups in total. The second kappa shape index (κ2) is 9.64. The molecule has 0 aliphatic carbocycles. The van der Waals surface area contributed by atoms with E-state index in [1.807, 2.05) is 42.5 Å². The van der Waals surface area contributed by atoms with Crippen LogP contribution < -0.4 is 0 Å². The molecule has 9 heteroatoms. The van der Waals surface area contributed by atoms with Crippen LogP contribution >= 0.6 is 15.9 Å². The number of aliphatic hydroxyl groups is 1. The van der Waals surface area contributed by atoms with E-state index in [1.165, 1.54) is 0 Å². The first-order valence-corrected chi connectivity index (χ1v) is 11.9. The lowest BCUT2D eigenvalue weighted by molar-refractivity contribution is 0.0730. The molecule has 3 heterocycles. The van der Waals surface area contributed by atoms with Gasteiger partial charge in [-0.2, -0.15) is 0 Å². The molecule has 5 rings (SSSR count).